The third kappa shape index (κ3) is 5.05. The maximum Gasteiger partial charge on any atom is 0.499 e. The number of nitrogens with zero attached hydrogens (tertiary/aromatic N) is 3. The molecule has 0 radical (unpaired) electrons. The van der Waals surface area contributed by atoms with Gasteiger partial charge < -0.3 is 26.4 Å². The first-order chi connectivity index (χ1) is 15.9. The van der Waals surface area contributed by atoms with Gasteiger partial charge in [0.1, 0.15) is 18.0 Å². The number of alkyl halides is 5. The summed E-state index contributed by atoms with van der Waals surface area (Å²) in [6.45, 7) is 1.48. The second-order valence-electron chi connectivity index (χ2n) is 7.70. The Kier molecular flexibility index (Phi) is 6.99. The van der Waals surface area contributed by atoms with Gasteiger partial charge in [0.2, 0.25) is 11.8 Å². The monoisotopic (exact) mass is 488 g/mol. The van der Waals surface area contributed by atoms with Crippen molar-refractivity contribution in [2.24, 2.45) is 11.5 Å². The van der Waals surface area contributed by atoms with Crippen molar-refractivity contribution in [1.29, 1.82) is 5.26 Å². The minimum atomic E-state index is -5.98. The molecule has 2 atom stereocenters. The Morgan fingerprint density at radius 2 is 2.00 bits per heavy atom. The standard InChI is InChI=1S/C20H21F5N6O3/c21-19(22,23)20(24,25)34-15-3-1-11(7-12(15)8-26)14-10-30-6-5-29-9-17(30)31(14)18(33)13(27)2-4-16(28)32/h1,3,7,10,13,17,29H,2,4-6,9,27H2,(H2,28,32)/t13-,17?/m0/s1. The smallest absolute Gasteiger partial charge is 0.424 e. The van der Waals surface area contributed by atoms with Gasteiger partial charge in [-0.3, -0.25) is 14.5 Å². The van der Waals surface area contributed by atoms with E-state index in [-0.39, 0.29) is 24.1 Å². The van der Waals surface area contributed by atoms with Crippen molar-refractivity contribution >= 4 is 17.5 Å². The Hall–Kier alpha value is -3.44. The molecule has 184 valence electrons. The van der Waals surface area contributed by atoms with Crippen molar-refractivity contribution in [1.82, 2.24) is 15.1 Å². The van der Waals surface area contributed by atoms with E-state index < -0.39 is 47.6 Å². The topological polar surface area (TPSA) is 138 Å². The Morgan fingerprint density at radius 1 is 1.29 bits per heavy atom. The summed E-state index contributed by atoms with van der Waals surface area (Å²) >= 11 is 0. The molecule has 1 aromatic carbocycles. The van der Waals surface area contributed by atoms with Gasteiger partial charge in [-0.15, -0.1) is 0 Å². The van der Waals surface area contributed by atoms with Crippen LogP contribution in [0.25, 0.3) is 5.70 Å². The van der Waals surface area contributed by atoms with E-state index in [1.807, 2.05) is 4.90 Å². The number of carbonyl (C=O) groups is 2. The van der Waals surface area contributed by atoms with Crippen molar-refractivity contribution in [2.45, 2.75) is 37.3 Å². The fraction of sp³-hybridized carbons (Fsp3) is 0.450. The summed E-state index contributed by atoms with van der Waals surface area (Å²) in [7, 11) is 0. The molecule has 0 aromatic heterocycles. The second kappa shape index (κ2) is 9.43. The van der Waals surface area contributed by atoms with Crippen LogP contribution in [0.4, 0.5) is 22.0 Å². The van der Waals surface area contributed by atoms with Crippen LogP contribution in [0.15, 0.2) is 24.4 Å². The number of nitriles is 1. The van der Waals surface area contributed by atoms with Gasteiger partial charge in [-0.25, -0.2) is 0 Å². The number of hydrogen-bond acceptors (Lipinski definition) is 7. The summed E-state index contributed by atoms with van der Waals surface area (Å²) in [6, 6.07) is 3.47. The molecule has 2 aliphatic rings. The Balaban J connectivity index is 1.95. The molecule has 9 nitrogen and oxygen atoms in total. The zero-order valence-corrected chi connectivity index (χ0v) is 17.6. The van der Waals surface area contributed by atoms with E-state index in [1.54, 1.807) is 6.20 Å². The van der Waals surface area contributed by atoms with Gasteiger partial charge in [0.05, 0.1) is 17.3 Å². The highest BCUT2D eigenvalue weighted by Gasteiger charge is 2.61. The Bertz CT molecular complexity index is 1040. The normalized spacial score (nSPS) is 19.2. The van der Waals surface area contributed by atoms with Crippen LogP contribution in [-0.4, -0.2) is 65.7 Å². The number of halogens is 5. The predicted molar refractivity (Wildman–Crippen MR) is 107 cm³/mol. The highest BCUT2D eigenvalue weighted by atomic mass is 19.4. The molecule has 1 aromatic rings. The van der Waals surface area contributed by atoms with Crippen LogP contribution in [0.2, 0.25) is 0 Å². The van der Waals surface area contributed by atoms with Crippen LogP contribution in [0.5, 0.6) is 5.75 Å². The summed E-state index contributed by atoms with van der Waals surface area (Å²) in [4.78, 5) is 27.4. The molecule has 2 amide bonds. The minimum absolute atomic E-state index is 0.0131. The third-order valence-electron chi connectivity index (χ3n) is 5.32. The average molecular weight is 488 g/mol. The highest BCUT2D eigenvalue weighted by molar-refractivity contribution is 5.92. The van der Waals surface area contributed by atoms with Crippen molar-refractivity contribution in [2.75, 3.05) is 19.6 Å². The largest absolute Gasteiger partial charge is 0.499 e. The summed E-state index contributed by atoms with van der Waals surface area (Å²) < 4.78 is 68.0. The number of piperazine rings is 1. The molecule has 1 saturated heterocycles. The Morgan fingerprint density at radius 3 is 2.62 bits per heavy atom. The zero-order chi connectivity index (χ0) is 25.3. The zero-order valence-electron chi connectivity index (χ0n) is 17.6. The molecule has 3 rings (SSSR count). The highest BCUT2D eigenvalue weighted by Crippen LogP contribution is 2.39. The maximum atomic E-state index is 13.3. The van der Waals surface area contributed by atoms with E-state index in [1.165, 1.54) is 11.0 Å². The lowest BCUT2D eigenvalue weighted by Crippen LogP contribution is -2.57. The van der Waals surface area contributed by atoms with E-state index in [2.05, 4.69) is 10.1 Å². The summed E-state index contributed by atoms with van der Waals surface area (Å²) in [5.74, 6) is -2.15. The van der Waals surface area contributed by atoms with Crippen LogP contribution < -0.4 is 21.5 Å². The first-order valence-corrected chi connectivity index (χ1v) is 10.1. The molecule has 14 heteroatoms. The molecule has 1 unspecified atom stereocenters. The van der Waals surface area contributed by atoms with Gasteiger partial charge in [0.15, 0.2) is 0 Å². The van der Waals surface area contributed by atoms with Gasteiger partial charge >= 0.3 is 12.3 Å². The number of amides is 2. The lowest BCUT2D eigenvalue weighted by molar-refractivity contribution is -0.360. The fourth-order valence-corrected chi connectivity index (χ4v) is 3.62. The minimum Gasteiger partial charge on any atom is -0.424 e. The first-order valence-electron chi connectivity index (χ1n) is 10.1. The van der Waals surface area contributed by atoms with E-state index in [9.17, 15) is 36.8 Å². The number of benzene rings is 1. The molecule has 2 aliphatic heterocycles. The van der Waals surface area contributed by atoms with E-state index >= 15 is 0 Å². The molecule has 0 saturated carbocycles. The van der Waals surface area contributed by atoms with Crippen LogP contribution in [0.1, 0.15) is 24.0 Å². The van der Waals surface area contributed by atoms with Crippen molar-refractivity contribution < 1.29 is 36.3 Å². The number of ether oxygens (including phenoxy) is 1. The maximum absolute atomic E-state index is 13.3. The molecule has 34 heavy (non-hydrogen) atoms. The Labute approximate surface area is 190 Å². The fourth-order valence-electron chi connectivity index (χ4n) is 3.62. The van der Waals surface area contributed by atoms with Crippen LogP contribution in [0.3, 0.4) is 0 Å². The SMILES string of the molecule is N#Cc1cc(C2=CN3CCNCC3N2C(=O)[C@@H](N)CCC(N)=O)ccc1OC(F)(F)C(F)(F)F. The number of carbonyl (C=O) groups excluding carboxylic acids is 2. The van der Waals surface area contributed by atoms with E-state index in [0.29, 0.717) is 19.6 Å². The lowest BCUT2D eigenvalue weighted by atomic mass is 10.1. The number of nitrogens with two attached hydrogens (primary N) is 2. The van der Waals surface area contributed by atoms with Crippen molar-refractivity contribution in [3.63, 3.8) is 0 Å². The van der Waals surface area contributed by atoms with E-state index in [0.717, 1.165) is 18.2 Å². The molecule has 5 N–H and O–H groups in total. The van der Waals surface area contributed by atoms with Gasteiger partial charge in [0.25, 0.3) is 0 Å². The number of rotatable bonds is 7. The van der Waals surface area contributed by atoms with Gasteiger partial charge in [-0.1, -0.05) is 0 Å². The molecule has 2 heterocycles. The van der Waals surface area contributed by atoms with Crippen molar-refractivity contribution in [3.05, 3.63) is 35.5 Å². The average Bonchev–Trinajstić information content (AvgIpc) is 3.15. The van der Waals surface area contributed by atoms with Gasteiger partial charge in [0, 0.05) is 37.8 Å². The van der Waals surface area contributed by atoms with E-state index in [4.69, 9.17) is 11.5 Å². The molecule has 0 aliphatic carbocycles. The number of primary amides is 1. The first kappa shape index (κ1) is 25.2. The summed E-state index contributed by atoms with van der Waals surface area (Å²) in [6.07, 6.45) is -10.5. The molecular formula is C20H21F5N6O3. The van der Waals surface area contributed by atoms with Crippen molar-refractivity contribution in [3.8, 4) is 11.8 Å². The molecule has 1 fully saturated rings. The molecule has 0 bridgehead atoms. The van der Waals surface area contributed by atoms with Crippen LogP contribution in [-0.2, 0) is 9.59 Å². The lowest BCUT2D eigenvalue weighted by Gasteiger charge is -2.37. The number of hydrogen-bond donors (Lipinski definition) is 3. The van der Waals surface area contributed by atoms with Crippen LogP contribution in [0, 0.1) is 11.3 Å². The molecule has 0 spiro atoms. The predicted octanol–water partition coefficient (Wildman–Crippen LogP) is 1.06. The summed E-state index contributed by atoms with van der Waals surface area (Å²) in [5.41, 5.74) is 11.0. The quantitative estimate of drug-likeness (QED) is 0.488. The van der Waals surface area contributed by atoms with Gasteiger partial charge in [-0.2, -0.15) is 27.2 Å². The van der Waals surface area contributed by atoms with Gasteiger partial charge in [-0.05, 0) is 24.6 Å². The van der Waals surface area contributed by atoms with Crippen LogP contribution >= 0.6 is 0 Å². The second-order valence-corrected chi connectivity index (χ2v) is 7.70. The summed E-state index contributed by atoms with van der Waals surface area (Å²) in [5, 5.41) is 12.5. The number of nitrogens with one attached hydrogen (secondary N) is 1. The molecular weight excluding hydrogens is 467 g/mol. The number of fused-ring (bicyclic) bond motifs is 1. The third-order valence-corrected chi connectivity index (χ3v) is 5.32.